The van der Waals surface area contributed by atoms with Gasteiger partial charge in [0.05, 0.1) is 10.9 Å². The van der Waals surface area contributed by atoms with E-state index < -0.39 is 20.2 Å². The molecule has 0 radical (unpaired) electrons. The number of carboxylic acid groups (broad SMARTS) is 1. The average molecular weight is 580 g/mol. The Bertz CT molecular complexity index is 1390. The lowest BCUT2D eigenvalue weighted by atomic mass is 10.0. The fourth-order valence-electron chi connectivity index (χ4n) is 4.55. The molecule has 2 aromatic heterocycles. The van der Waals surface area contributed by atoms with E-state index in [9.17, 15) is 20.0 Å². The Morgan fingerprint density at radius 2 is 1.95 bits per heavy atom. The van der Waals surface area contributed by atoms with Crippen LogP contribution in [0.4, 0.5) is 4.79 Å². The van der Waals surface area contributed by atoms with Crippen LogP contribution in [0, 0.1) is 11.3 Å². The van der Waals surface area contributed by atoms with Crippen LogP contribution < -0.4 is 15.4 Å². The van der Waals surface area contributed by atoms with Gasteiger partial charge in [-0.1, -0.05) is 31.8 Å². The predicted molar refractivity (Wildman–Crippen MR) is 156 cm³/mol. The molecular weight excluding hydrogens is 542 g/mol. The highest BCUT2D eigenvalue weighted by atomic mass is 28.3. The van der Waals surface area contributed by atoms with Crippen molar-refractivity contribution >= 4 is 31.1 Å². The molecule has 4 rings (SSSR count). The van der Waals surface area contributed by atoms with Crippen molar-refractivity contribution in [2.45, 2.75) is 63.8 Å². The van der Waals surface area contributed by atoms with Crippen molar-refractivity contribution in [2.75, 3.05) is 19.8 Å². The molecule has 12 heteroatoms. The second-order valence-corrected chi connectivity index (χ2v) is 16.9. The van der Waals surface area contributed by atoms with Gasteiger partial charge in [-0.15, -0.1) is 0 Å². The number of pyridine rings is 1. The second kappa shape index (κ2) is 13.6. The van der Waals surface area contributed by atoms with Crippen molar-refractivity contribution in [3.8, 4) is 17.6 Å². The number of nitrogens with one attached hydrogen (secondary N) is 2. The summed E-state index contributed by atoms with van der Waals surface area (Å²) in [4.78, 5) is 28.7. The highest BCUT2D eigenvalue weighted by molar-refractivity contribution is 6.76. The van der Waals surface area contributed by atoms with Gasteiger partial charge in [-0.05, 0) is 42.6 Å². The molecule has 1 aliphatic heterocycles. The number of nitriles is 1. The Kier molecular flexibility index (Phi) is 9.98. The van der Waals surface area contributed by atoms with Crippen LogP contribution in [-0.4, -0.2) is 66.6 Å². The van der Waals surface area contributed by atoms with E-state index in [2.05, 4.69) is 41.3 Å². The lowest BCUT2D eigenvalue weighted by Crippen LogP contribution is -2.51. The lowest BCUT2D eigenvalue weighted by Gasteiger charge is -2.25. The molecule has 0 unspecified atom stereocenters. The van der Waals surface area contributed by atoms with Crippen LogP contribution in [0.2, 0.25) is 25.7 Å². The smallest absolute Gasteiger partial charge is 0.405 e. The van der Waals surface area contributed by atoms with Crippen LogP contribution in [-0.2, 0) is 27.4 Å². The average Bonchev–Trinajstić information content (AvgIpc) is 3.30. The van der Waals surface area contributed by atoms with Gasteiger partial charge in [-0.25, -0.2) is 9.78 Å². The highest BCUT2D eigenvalue weighted by Crippen LogP contribution is 2.32. The normalized spacial score (nSPS) is 14.8. The van der Waals surface area contributed by atoms with E-state index in [1.807, 2.05) is 4.57 Å². The summed E-state index contributed by atoms with van der Waals surface area (Å²) in [6.07, 6.45) is 3.67. The third-order valence-electron chi connectivity index (χ3n) is 6.84. The third kappa shape index (κ3) is 8.53. The first kappa shape index (κ1) is 30.0. The van der Waals surface area contributed by atoms with Gasteiger partial charge in [0.25, 0.3) is 0 Å². The number of aromatic nitrogens is 2. The molecule has 0 aliphatic carbocycles. The molecule has 3 aromatic rings. The van der Waals surface area contributed by atoms with Gasteiger partial charge >= 0.3 is 6.09 Å². The van der Waals surface area contributed by atoms with Crippen molar-refractivity contribution in [2.24, 2.45) is 0 Å². The quantitative estimate of drug-likeness (QED) is 0.210. The van der Waals surface area contributed by atoms with E-state index in [4.69, 9.17) is 14.2 Å². The molecule has 41 heavy (non-hydrogen) atoms. The number of carbonyl (C=O) groups excluding carboxylic acids is 1. The molecule has 1 saturated heterocycles. The lowest BCUT2D eigenvalue weighted by molar-refractivity contribution is -0.124. The summed E-state index contributed by atoms with van der Waals surface area (Å²) in [7, 11) is -1.21. The number of amides is 2. The van der Waals surface area contributed by atoms with Crippen molar-refractivity contribution in [3.63, 3.8) is 0 Å². The first-order valence-electron chi connectivity index (χ1n) is 13.7. The second-order valence-electron chi connectivity index (χ2n) is 11.3. The Labute approximate surface area is 240 Å². The van der Waals surface area contributed by atoms with E-state index in [-0.39, 0.29) is 18.4 Å². The number of ether oxygens (including phenoxy) is 3. The molecule has 1 fully saturated rings. The largest absolute Gasteiger partial charge is 0.465 e. The minimum Gasteiger partial charge on any atom is -0.465 e. The van der Waals surface area contributed by atoms with Gasteiger partial charge in [-0.2, -0.15) is 5.26 Å². The maximum Gasteiger partial charge on any atom is 0.405 e. The molecule has 0 spiro atoms. The maximum absolute atomic E-state index is 12.8. The summed E-state index contributed by atoms with van der Waals surface area (Å²) < 4.78 is 19.2. The van der Waals surface area contributed by atoms with E-state index in [1.165, 1.54) is 0 Å². The molecule has 1 aromatic carbocycles. The fourth-order valence-corrected chi connectivity index (χ4v) is 5.31. The Morgan fingerprint density at radius 3 is 2.61 bits per heavy atom. The van der Waals surface area contributed by atoms with Crippen LogP contribution >= 0.6 is 0 Å². The fraction of sp³-hybridized carbons (Fsp3) is 0.448. The molecule has 11 nitrogen and oxygen atoms in total. The number of benzene rings is 1. The van der Waals surface area contributed by atoms with Crippen molar-refractivity contribution in [1.29, 1.82) is 5.26 Å². The van der Waals surface area contributed by atoms with Gasteiger partial charge in [0.2, 0.25) is 5.91 Å². The van der Waals surface area contributed by atoms with E-state index in [0.29, 0.717) is 67.5 Å². The van der Waals surface area contributed by atoms with Crippen molar-refractivity contribution in [3.05, 3.63) is 53.9 Å². The van der Waals surface area contributed by atoms with Gasteiger partial charge in [-0.3, -0.25) is 4.79 Å². The minimum atomic E-state index is -1.26. The van der Waals surface area contributed by atoms with E-state index in [1.54, 1.807) is 42.7 Å². The SMILES string of the molecule is C[Si](C)(C)CCOCn1cc(C#N)c2c(Oc3ccc(C[C@H](NC(=O)O)C(=O)NC4CCOCC4)cc3)ccnc21. The zero-order valence-corrected chi connectivity index (χ0v) is 24.7. The zero-order valence-electron chi connectivity index (χ0n) is 23.7. The monoisotopic (exact) mass is 579 g/mol. The molecule has 218 valence electrons. The van der Waals surface area contributed by atoms with Crippen LogP contribution in [0.25, 0.3) is 11.0 Å². The van der Waals surface area contributed by atoms with Crippen LogP contribution in [0.5, 0.6) is 11.5 Å². The van der Waals surface area contributed by atoms with Gasteiger partial charge in [0, 0.05) is 52.8 Å². The van der Waals surface area contributed by atoms with Crippen LogP contribution in [0.3, 0.4) is 0 Å². The summed E-state index contributed by atoms with van der Waals surface area (Å²) >= 11 is 0. The first-order valence-corrected chi connectivity index (χ1v) is 17.4. The first-order chi connectivity index (χ1) is 19.6. The molecular formula is C29H37N5O6Si. The Morgan fingerprint density at radius 1 is 1.22 bits per heavy atom. The standard InChI is InChI=1S/C29H37N5O6Si/c1-41(2,3)15-14-39-19-34-18-21(17-30)26-25(8-11-31-27(26)34)40-23-6-4-20(5-7-23)16-24(33-29(36)37)28(35)32-22-9-12-38-13-10-22/h4-8,11,18,22,24,33H,9-10,12-16,19H2,1-3H3,(H,32,35)(H,36,37)/t24-/m0/s1. The minimum absolute atomic E-state index is 0.0350. The predicted octanol–water partition coefficient (Wildman–Crippen LogP) is 4.49. The van der Waals surface area contributed by atoms with E-state index >= 15 is 0 Å². The maximum atomic E-state index is 12.8. The zero-order chi connectivity index (χ0) is 29.4. The summed E-state index contributed by atoms with van der Waals surface area (Å²) in [5.41, 5.74) is 1.80. The van der Waals surface area contributed by atoms with E-state index in [0.717, 1.165) is 11.6 Å². The summed E-state index contributed by atoms with van der Waals surface area (Å²) in [5, 5.41) is 24.9. The highest BCUT2D eigenvalue weighted by Gasteiger charge is 2.25. The molecule has 3 heterocycles. The number of fused-ring (bicyclic) bond motifs is 1. The van der Waals surface area contributed by atoms with Crippen LogP contribution in [0.15, 0.2) is 42.7 Å². The number of rotatable bonds is 12. The topological polar surface area (TPSA) is 148 Å². The van der Waals surface area contributed by atoms with Crippen molar-refractivity contribution < 1.29 is 28.9 Å². The Balaban J connectivity index is 1.44. The molecule has 0 saturated carbocycles. The van der Waals surface area contributed by atoms with Gasteiger partial charge in [0.15, 0.2) is 0 Å². The summed E-state index contributed by atoms with van der Waals surface area (Å²) in [6.45, 7) is 8.97. The van der Waals surface area contributed by atoms with Crippen molar-refractivity contribution in [1.82, 2.24) is 20.2 Å². The Hall–Kier alpha value is -3.92. The third-order valence-corrected chi connectivity index (χ3v) is 8.54. The van der Waals surface area contributed by atoms with Crippen LogP contribution in [0.1, 0.15) is 24.0 Å². The van der Waals surface area contributed by atoms with Gasteiger partial charge in [0.1, 0.15) is 36.0 Å². The molecule has 1 aliphatic rings. The number of hydrogen-bond donors (Lipinski definition) is 3. The molecule has 3 N–H and O–H groups in total. The number of nitrogens with zero attached hydrogens (tertiary/aromatic N) is 3. The molecule has 2 amide bonds. The van der Waals surface area contributed by atoms with Gasteiger partial charge < -0.3 is 34.5 Å². The number of hydrogen-bond acceptors (Lipinski definition) is 7. The molecule has 0 bridgehead atoms. The number of carbonyl (C=O) groups is 2. The summed E-state index contributed by atoms with van der Waals surface area (Å²) in [6, 6.07) is 11.1. The summed E-state index contributed by atoms with van der Waals surface area (Å²) in [5.74, 6) is 0.650. The molecule has 1 atom stereocenters.